The highest BCUT2D eigenvalue weighted by Gasteiger charge is 2.48. The summed E-state index contributed by atoms with van der Waals surface area (Å²) in [5.41, 5.74) is 5.59. The van der Waals surface area contributed by atoms with E-state index >= 15 is 0 Å². The minimum atomic E-state index is -0.413. The fourth-order valence-corrected chi connectivity index (χ4v) is 1.76. The van der Waals surface area contributed by atoms with Crippen LogP contribution in [0.25, 0.3) is 0 Å². The molecule has 0 spiro atoms. The molecule has 0 aliphatic heterocycles. The Kier molecular flexibility index (Phi) is 2.99. The Morgan fingerprint density at radius 1 is 1.56 bits per heavy atom. The molecule has 0 atom stereocenters. The summed E-state index contributed by atoms with van der Waals surface area (Å²) in [6, 6.07) is 4.50. The zero-order valence-corrected chi connectivity index (χ0v) is 10.2. The molecule has 0 aromatic heterocycles. The smallest absolute Gasteiger partial charge is 0.231 e. The lowest BCUT2D eigenvalue weighted by Crippen LogP contribution is -2.30. The summed E-state index contributed by atoms with van der Waals surface area (Å²) in [5.74, 6) is -0.507. The van der Waals surface area contributed by atoms with E-state index < -0.39 is 11.2 Å². The number of carbonyl (C=O) groups is 1. The summed E-state index contributed by atoms with van der Waals surface area (Å²) >= 11 is 3.05. The SMILES string of the molecule is NCC1(C(=O)Nc2ccc(Br)c(F)c2)CC1. The first-order valence-electron chi connectivity index (χ1n) is 5.04. The van der Waals surface area contributed by atoms with Gasteiger partial charge in [0, 0.05) is 12.2 Å². The van der Waals surface area contributed by atoms with Crippen molar-refractivity contribution in [2.75, 3.05) is 11.9 Å². The van der Waals surface area contributed by atoms with Crippen molar-refractivity contribution in [1.82, 2.24) is 0 Å². The van der Waals surface area contributed by atoms with E-state index in [1.807, 2.05) is 0 Å². The van der Waals surface area contributed by atoms with E-state index in [1.165, 1.54) is 6.07 Å². The van der Waals surface area contributed by atoms with Crippen LogP contribution in [0.15, 0.2) is 22.7 Å². The number of hydrogen-bond donors (Lipinski definition) is 2. The van der Waals surface area contributed by atoms with E-state index in [-0.39, 0.29) is 5.91 Å². The van der Waals surface area contributed by atoms with Gasteiger partial charge < -0.3 is 11.1 Å². The number of nitrogens with two attached hydrogens (primary N) is 1. The normalized spacial score (nSPS) is 16.9. The van der Waals surface area contributed by atoms with Gasteiger partial charge in [-0.05, 0) is 47.0 Å². The molecule has 0 heterocycles. The van der Waals surface area contributed by atoms with Gasteiger partial charge in [0.05, 0.1) is 9.89 Å². The summed E-state index contributed by atoms with van der Waals surface area (Å²) in [4.78, 5) is 11.8. The molecule has 0 saturated heterocycles. The Morgan fingerprint density at radius 2 is 2.25 bits per heavy atom. The number of anilines is 1. The van der Waals surface area contributed by atoms with Crippen molar-refractivity contribution in [3.8, 4) is 0 Å². The summed E-state index contributed by atoms with van der Waals surface area (Å²) in [7, 11) is 0. The second kappa shape index (κ2) is 4.14. The van der Waals surface area contributed by atoms with Crippen LogP contribution in [0.2, 0.25) is 0 Å². The number of carbonyl (C=O) groups excluding carboxylic acids is 1. The average molecular weight is 287 g/mol. The summed E-state index contributed by atoms with van der Waals surface area (Å²) in [5, 5.41) is 2.68. The maximum Gasteiger partial charge on any atom is 0.231 e. The van der Waals surface area contributed by atoms with Gasteiger partial charge in [-0.15, -0.1) is 0 Å². The maximum absolute atomic E-state index is 13.2. The number of benzene rings is 1. The molecule has 0 unspecified atom stereocenters. The molecule has 2 rings (SSSR count). The van der Waals surface area contributed by atoms with Crippen molar-refractivity contribution in [3.63, 3.8) is 0 Å². The highest BCUT2D eigenvalue weighted by Crippen LogP contribution is 2.45. The molecular formula is C11H12BrFN2O. The lowest BCUT2D eigenvalue weighted by atomic mass is 10.1. The van der Waals surface area contributed by atoms with Crippen LogP contribution in [0.5, 0.6) is 0 Å². The van der Waals surface area contributed by atoms with E-state index in [1.54, 1.807) is 12.1 Å². The van der Waals surface area contributed by atoms with Crippen molar-refractivity contribution >= 4 is 27.5 Å². The van der Waals surface area contributed by atoms with Gasteiger partial charge in [0.1, 0.15) is 5.82 Å². The van der Waals surface area contributed by atoms with E-state index in [0.29, 0.717) is 16.7 Å². The van der Waals surface area contributed by atoms with Gasteiger partial charge in [0.2, 0.25) is 5.91 Å². The monoisotopic (exact) mass is 286 g/mol. The van der Waals surface area contributed by atoms with Crippen LogP contribution in [0.4, 0.5) is 10.1 Å². The van der Waals surface area contributed by atoms with Gasteiger partial charge in [0.25, 0.3) is 0 Å². The molecule has 1 fully saturated rings. The van der Waals surface area contributed by atoms with Gasteiger partial charge in [0.15, 0.2) is 0 Å². The van der Waals surface area contributed by atoms with E-state index in [4.69, 9.17) is 5.73 Å². The summed E-state index contributed by atoms with van der Waals surface area (Å²) < 4.78 is 13.6. The van der Waals surface area contributed by atoms with Crippen molar-refractivity contribution in [1.29, 1.82) is 0 Å². The number of hydrogen-bond acceptors (Lipinski definition) is 2. The third kappa shape index (κ3) is 2.10. The topological polar surface area (TPSA) is 55.1 Å². The second-order valence-electron chi connectivity index (χ2n) is 4.07. The molecule has 1 aliphatic carbocycles. The molecule has 3 nitrogen and oxygen atoms in total. The van der Waals surface area contributed by atoms with Crippen LogP contribution < -0.4 is 11.1 Å². The second-order valence-corrected chi connectivity index (χ2v) is 4.92. The Hall–Kier alpha value is -0.940. The molecule has 3 N–H and O–H groups in total. The van der Waals surface area contributed by atoms with Crippen molar-refractivity contribution < 1.29 is 9.18 Å². The zero-order valence-electron chi connectivity index (χ0n) is 8.59. The molecule has 0 bridgehead atoms. The van der Waals surface area contributed by atoms with E-state index in [2.05, 4.69) is 21.2 Å². The van der Waals surface area contributed by atoms with Crippen LogP contribution in [0.3, 0.4) is 0 Å². The molecule has 16 heavy (non-hydrogen) atoms. The minimum absolute atomic E-state index is 0.114. The number of amides is 1. The lowest BCUT2D eigenvalue weighted by Gasteiger charge is -2.12. The number of halogens is 2. The summed E-state index contributed by atoms with van der Waals surface area (Å²) in [6.07, 6.45) is 1.63. The van der Waals surface area contributed by atoms with E-state index in [0.717, 1.165) is 12.8 Å². The standard InChI is InChI=1S/C11H12BrFN2O/c12-8-2-1-7(5-9(8)13)15-10(16)11(6-14)3-4-11/h1-2,5H,3-4,6,14H2,(H,15,16). The van der Waals surface area contributed by atoms with Crippen LogP contribution in [0, 0.1) is 11.2 Å². The lowest BCUT2D eigenvalue weighted by molar-refractivity contribution is -0.120. The molecule has 1 saturated carbocycles. The fraction of sp³-hybridized carbons (Fsp3) is 0.364. The van der Waals surface area contributed by atoms with Crippen LogP contribution in [-0.2, 0) is 4.79 Å². The Balaban J connectivity index is 2.09. The predicted octanol–water partition coefficient (Wildman–Crippen LogP) is 2.27. The third-order valence-corrected chi connectivity index (χ3v) is 3.55. The molecule has 5 heteroatoms. The Morgan fingerprint density at radius 3 is 2.75 bits per heavy atom. The minimum Gasteiger partial charge on any atom is -0.329 e. The quantitative estimate of drug-likeness (QED) is 0.896. The highest BCUT2D eigenvalue weighted by atomic mass is 79.9. The highest BCUT2D eigenvalue weighted by molar-refractivity contribution is 9.10. The molecule has 1 aromatic rings. The Bertz CT molecular complexity index is 432. The molecular weight excluding hydrogens is 275 g/mol. The van der Waals surface area contributed by atoms with Gasteiger partial charge in [-0.2, -0.15) is 0 Å². The first kappa shape index (κ1) is 11.5. The maximum atomic E-state index is 13.2. The van der Waals surface area contributed by atoms with Gasteiger partial charge in [-0.3, -0.25) is 4.79 Å². The largest absolute Gasteiger partial charge is 0.329 e. The van der Waals surface area contributed by atoms with Crippen LogP contribution in [-0.4, -0.2) is 12.5 Å². The molecule has 1 aliphatic rings. The summed E-state index contributed by atoms with van der Waals surface area (Å²) in [6.45, 7) is 0.345. The fourth-order valence-electron chi connectivity index (χ4n) is 1.51. The van der Waals surface area contributed by atoms with Crippen molar-refractivity contribution in [2.24, 2.45) is 11.1 Å². The van der Waals surface area contributed by atoms with Crippen molar-refractivity contribution in [3.05, 3.63) is 28.5 Å². The zero-order chi connectivity index (χ0) is 11.8. The molecule has 1 amide bonds. The van der Waals surface area contributed by atoms with Crippen LogP contribution >= 0.6 is 15.9 Å². The number of nitrogens with one attached hydrogen (secondary N) is 1. The Labute approximate surface area is 101 Å². The molecule has 86 valence electrons. The van der Waals surface area contributed by atoms with Crippen molar-refractivity contribution in [2.45, 2.75) is 12.8 Å². The third-order valence-electron chi connectivity index (χ3n) is 2.90. The molecule has 1 aromatic carbocycles. The number of rotatable bonds is 3. The average Bonchev–Trinajstić information content (AvgIpc) is 3.04. The van der Waals surface area contributed by atoms with Gasteiger partial charge in [-0.1, -0.05) is 0 Å². The first-order valence-corrected chi connectivity index (χ1v) is 5.83. The first-order chi connectivity index (χ1) is 7.57. The molecule has 0 radical (unpaired) electrons. The van der Waals surface area contributed by atoms with Gasteiger partial charge >= 0.3 is 0 Å². The van der Waals surface area contributed by atoms with Crippen LogP contribution in [0.1, 0.15) is 12.8 Å². The van der Waals surface area contributed by atoms with E-state index in [9.17, 15) is 9.18 Å². The van der Waals surface area contributed by atoms with Gasteiger partial charge in [-0.25, -0.2) is 4.39 Å². The predicted molar refractivity (Wildman–Crippen MR) is 63.5 cm³/mol.